The third-order valence-corrected chi connectivity index (χ3v) is 5.04. The Balaban J connectivity index is 1.56. The fourth-order valence-corrected chi connectivity index (χ4v) is 3.07. The van der Waals surface area contributed by atoms with E-state index in [1.807, 2.05) is 45.9 Å². The Morgan fingerprint density at radius 3 is 2.26 bits per heavy atom. The van der Waals surface area contributed by atoms with Crippen molar-refractivity contribution in [2.24, 2.45) is 0 Å². The van der Waals surface area contributed by atoms with Crippen LogP contribution in [0.15, 0.2) is 47.0 Å². The van der Waals surface area contributed by atoms with Gasteiger partial charge in [0.05, 0.1) is 16.8 Å². The van der Waals surface area contributed by atoms with Gasteiger partial charge in [-0.3, -0.25) is 4.79 Å². The summed E-state index contributed by atoms with van der Waals surface area (Å²) in [7, 11) is 0. The van der Waals surface area contributed by atoms with Gasteiger partial charge in [0, 0.05) is 5.69 Å². The summed E-state index contributed by atoms with van der Waals surface area (Å²) in [5, 5.41) is 6.73. The monoisotopic (exact) mass is 422 g/mol. The lowest BCUT2D eigenvalue weighted by Gasteiger charge is -2.16. The number of nitrogens with one attached hydrogen (secondary N) is 1. The van der Waals surface area contributed by atoms with E-state index in [1.54, 1.807) is 31.2 Å². The first-order chi connectivity index (χ1) is 14.8. The number of benzene rings is 2. The van der Waals surface area contributed by atoms with Crippen LogP contribution in [0.1, 0.15) is 45.4 Å². The molecule has 0 aliphatic rings. The van der Waals surface area contributed by atoms with Crippen LogP contribution in [0.5, 0.6) is 5.75 Å². The van der Waals surface area contributed by atoms with E-state index in [9.17, 15) is 9.59 Å². The SMILES string of the molecule is Cc1cccc(C)c1NC(=O)[C@@H](C)OC(=O)c1ccc(OCc2c(C)noc2C)cc1. The summed E-state index contributed by atoms with van der Waals surface area (Å²) in [4.78, 5) is 24.9. The molecule has 31 heavy (non-hydrogen) atoms. The second-order valence-electron chi connectivity index (χ2n) is 7.42. The topological polar surface area (TPSA) is 90.7 Å². The van der Waals surface area contributed by atoms with Crippen LogP contribution < -0.4 is 10.1 Å². The number of aryl methyl sites for hydroxylation is 4. The molecule has 0 saturated heterocycles. The predicted molar refractivity (Wildman–Crippen MR) is 116 cm³/mol. The standard InChI is InChI=1S/C24H26N2O5/c1-14-7-6-8-15(2)22(14)25-23(27)18(5)30-24(28)19-9-11-20(12-10-19)29-13-21-16(3)26-31-17(21)4/h6-12,18H,13H2,1-5H3,(H,25,27)/t18-/m1/s1. The number of anilines is 1. The quantitative estimate of drug-likeness (QED) is 0.557. The van der Waals surface area contributed by atoms with Gasteiger partial charge in [0.1, 0.15) is 18.1 Å². The average Bonchev–Trinajstić information content (AvgIpc) is 3.06. The van der Waals surface area contributed by atoms with Gasteiger partial charge < -0.3 is 19.3 Å². The fourth-order valence-electron chi connectivity index (χ4n) is 3.07. The van der Waals surface area contributed by atoms with Crippen molar-refractivity contribution >= 4 is 17.6 Å². The molecule has 0 aliphatic heterocycles. The number of aromatic nitrogens is 1. The normalized spacial score (nSPS) is 11.6. The molecule has 0 radical (unpaired) electrons. The first-order valence-electron chi connectivity index (χ1n) is 9.99. The van der Waals surface area contributed by atoms with Gasteiger partial charge in [0.25, 0.3) is 5.91 Å². The first kappa shape index (κ1) is 22.1. The molecule has 2 aromatic carbocycles. The molecule has 0 fully saturated rings. The Bertz CT molecular complexity index is 1050. The molecule has 1 atom stereocenters. The molecular formula is C24H26N2O5. The minimum absolute atomic E-state index is 0.320. The molecule has 3 rings (SSSR count). The maximum absolute atomic E-state index is 12.5. The molecule has 1 N–H and O–H groups in total. The molecule has 162 valence electrons. The molecule has 1 amide bonds. The molecule has 0 aliphatic carbocycles. The van der Waals surface area contributed by atoms with Crippen LogP contribution in [-0.4, -0.2) is 23.1 Å². The highest BCUT2D eigenvalue weighted by Gasteiger charge is 2.20. The summed E-state index contributed by atoms with van der Waals surface area (Å²) >= 11 is 0. The number of hydrogen-bond acceptors (Lipinski definition) is 6. The van der Waals surface area contributed by atoms with Crippen LogP contribution in [-0.2, 0) is 16.1 Å². The van der Waals surface area contributed by atoms with Crippen molar-refractivity contribution in [1.82, 2.24) is 5.16 Å². The van der Waals surface area contributed by atoms with Crippen LogP contribution in [0, 0.1) is 27.7 Å². The molecule has 7 heteroatoms. The van der Waals surface area contributed by atoms with E-state index in [2.05, 4.69) is 10.5 Å². The molecular weight excluding hydrogens is 396 g/mol. The smallest absolute Gasteiger partial charge is 0.338 e. The highest BCUT2D eigenvalue weighted by atomic mass is 16.5. The molecule has 0 saturated carbocycles. The lowest BCUT2D eigenvalue weighted by Crippen LogP contribution is -2.30. The molecule has 0 unspecified atom stereocenters. The van der Waals surface area contributed by atoms with E-state index < -0.39 is 12.1 Å². The number of carbonyl (C=O) groups is 2. The highest BCUT2D eigenvalue weighted by molar-refractivity contribution is 5.98. The Hall–Kier alpha value is -3.61. The van der Waals surface area contributed by atoms with Crippen molar-refractivity contribution in [2.75, 3.05) is 5.32 Å². The van der Waals surface area contributed by atoms with Gasteiger partial charge in [-0.25, -0.2) is 4.79 Å². The molecule has 0 bridgehead atoms. The summed E-state index contributed by atoms with van der Waals surface area (Å²) < 4.78 is 16.2. The summed E-state index contributed by atoms with van der Waals surface area (Å²) in [5.74, 6) is 0.342. The second kappa shape index (κ2) is 9.47. The Labute approximate surface area is 181 Å². The number of nitrogens with zero attached hydrogens (tertiary/aromatic N) is 1. The number of ether oxygens (including phenoxy) is 2. The van der Waals surface area contributed by atoms with Gasteiger partial charge in [-0.2, -0.15) is 0 Å². The predicted octanol–water partition coefficient (Wildman–Crippen LogP) is 4.67. The van der Waals surface area contributed by atoms with Crippen LogP contribution in [0.25, 0.3) is 0 Å². The van der Waals surface area contributed by atoms with Crippen molar-refractivity contribution in [2.45, 2.75) is 47.3 Å². The lowest BCUT2D eigenvalue weighted by atomic mass is 10.1. The Morgan fingerprint density at radius 1 is 1.03 bits per heavy atom. The number of carbonyl (C=O) groups excluding carboxylic acids is 2. The lowest BCUT2D eigenvalue weighted by molar-refractivity contribution is -0.123. The fraction of sp³-hybridized carbons (Fsp3) is 0.292. The number of rotatable bonds is 7. The maximum Gasteiger partial charge on any atom is 0.338 e. The van der Waals surface area contributed by atoms with Crippen LogP contribution in [0.2, 0.25) is 0 Å². The van der Waals surface area contributed by atoms with Gasteiger partial charge in [-0.15, -0.1) is 0 Å². The Morgan fingerprint density at radius 2 is 1.68 bits per heavy atom. The number of hydrogen-bond donors (Lipinski definition) is 1. The van der Waals surface area contributed by atoms with Crippen molar-refractivity contribution in [3.63, 3.8) is 0 Å². The highest BCUT2D eigenvalue weighted by Crippen LogP contribution is 2.21. The zero-order valence-electron chi connectivity index (χ0n) is 18.3. The summed E-state index contributed by atoms with van der Waals surface area (Å²) in [6.45, 7) is 9.37. The minimum Gasteiger partial charge on any atom is -0.489 e. The largest absolute Gasteiger partial charge is 0.489 e. The summed E-state index contributed by atoms with van der Waals surface area (Å²) in [6.07, 6.45) is -0.943. The van der Waals surface area contributed by atoms with Crippen molar-refractivity contribution in [3.05, 3.63) is 76.2 Å². The second-order valence-corrected chi connectivity index (χ2v) is 7.42. The molecule has 3 aromatic rings. The van der Waals surface area contributed by atoms with Crippen molar-refractivity contribution in [1.29, 1.82) is 0 Å². The van der Waals surface area contributed by atoms with Crippen LogP contribution in [0.3, 0.4) is 0 Å². The molecule has 1 aromatic heterocycles. The third-order valence-electron chi connectivity index (χ3n) is 5.04. The zero-order valence-corrected chi connectivity index (χ0v) is 18.3. The third kappa shape index (κ3) is 5.31. The molecule has 7 nitrogen and oxygen atoms in total. The van der Waals surface area contributed by atoms with E-state index in [0.29, 0.717) is 23.7 Å². The van der Waals surface area contributed by atoms with E-state index in [1.165, 1.54) is 0 Å². The van der Waals surface area contributed by atoms with Gasteiger partial charge in [0.2, 0.25) is 0 Å². The summed E-state index contributed by atoms with van der Waals surface area (Å²) in [5.41, 5.74) is 4.63. The van der Waals surface area contributed by atoms with Crippen molar-refractivity contribution in [3.8, 4) is 5.75 Å². The van der Waals surface area contributed by atoms with Crippen molar-refractivity contribution < 1.29 is 23.6 Å². The van der Waals surface area contributed by atoms with Crippen LogP contribution in [0.4, 0.5) is 5.69 Å². The van der Waals surface area contributed by atoms with E-state index in [0.717, 1.165) is 28.1 Å². The van der Waals surface area contributed by atoms with E-state index >= 15 is 0 Å². The van der Waals surface area contributed by atoms with E-state index in [-0.39, 0.29) is 5.91 Å². The van der Waals surface area contributed by atoms with Crippen LogP contribution >= 0.6 is 0 Å². The zero-order chi connectivity index (χ0) is 22.5. The van der Waals surface area contributed by atoms with Gasteiger partial charge in [-0.05, 0) is 70.0 Å². The average molecular weight is 422 g/mol. The minimum atomic E-state index is -0.943. The van der Waals surface area contributed by atoms with Gasteiger partial charge in [0.15, 0.2) is 6.10 Å². The molecule has 1 heterocycles. The van der Waals surface area contributed by atoms with E-state index in [4.69, 9.17) is 14.0 Å². The number of para-hydroxylation sites is 1. The molecule has 0 spiro atoms. The Kier molecular flexibility index (Phi) is 6.74. The first-order valence-corrected chi connectivity index (χ1v) is 9.99. The number of amides is 1. The number of esters is 1. The summed E-state index contributed by atoms with van der Waals surface area (Å²) in [6, 6.07) is 12.3. The van der Waals surface area contributed by atoms with Gasteiger partial charge in [-0.1, -0.05) is 23.4 Å². The van der Waals surface area contributed by atoms with Gasteiger partial charge >= 0.3 is 5.97 Å². The maximum atomic E-state index is 12.5.